The lowest BCUT2D eigenvalue weighted by molar-refractivity contribution is -0.119. The van der Waals surface area contributed by atoms with Crippen LogP contribution in [-0.4, -0.2) is 34.5 Å². The van der Waals surface area contributed by atoms with E-state index < -0.39 is 0 Å². The molecule has 1 unspecified atom stereocenters. The molecule has 1 atom stereocenters. The van der Waals surface area contributed by atoms with Gasteiger partial charge in [0.2, 0.25) is 5.91 Å². The fourth-order valence-corrected chi connectivity index (χ4v) is 5.41. The van der Waals surface area contributed by atoms with Crippen LogP contribution in [0, 0.1) is 6.92 Å². The van der Waals surface area contributed by atoms with Gasteiger partial charge in [-0.3, -0.25) is 9.69 Å². The summed E-state index contributed by atoms with van der Waals surface area (Å²) in [5.41, 5.74) is 6.92. The number of aryl methyl sites for hydroxylation is 1. The first-order valence-electron chi connectivity index (χ1n) is 14.2. The van der Waals surface area contributed by atoms with Crippen LogP contribution in [0.1, 0.15) is 68.0 Å². The van der Waals surface area contributed by atoms with Crippen LogP contribution >= 0.6 is 0 Å². The minimum Gasteiger partial charge on any atom is -0.316 e. The van der Waals surface area contributed by atoms with Gasteiger partial charge in [0.05, 0.1) is 17.1 Å². The number of urea groups is 1. The minimum absolute atomic E-state index is 0.0206. The maximum Gasteiger partial charge on any atom is 0.322 e. The van der Waals surface area contributed by atoms with E-state index in [0.29, 0.717) is 12.5 Å². The highest BCUT2D eigenvalue weighted by atomic mass is 16.2. The van der Waals surface area contributed by atoms with Crippen LogP contribution in [0.4, 0.5) is 16.2 Å². The van der Waals surface area contributed by atoms with E-state index in [-0.39, 0.29) is 24.5 Å². The summed E-state index contributed by atoms with van der Waals surface area (Å²) < 4.78 is 2.16. The molecule has 4 aromatic rings. The van der Waals surface area contributed by atoms with E-state index in [4.69, 9.17) is 0 Å². The summed E-state index contributed by atoms with van der Waals surface area (Å²) >= 11 is 0. The number of hydrogen-bond acceptors (Lipinski definition) is 2. The number of carbonyl (C=O) groups excluding carboxylic acids is 2. The first-order chi connectivity index (χ1) is 19.4. The van der Waals surface area contributed by atoms with Crippen LogP contribution < -0.4 is 10.2 Å². The quantitative estimate of drug-likeness (QED) is 0.252. The maximum absolute atomic E-state index is 14.3. The second kappa shape index (κ2) is 11.8. The lowest BCUT2D eigenvalue weighted by Crippen LogP contribution is -2.48. The zero-order valence-corrected chi connectivity index (χ0v) is 23.8. The number of nitrogens with zero attached hydrogens (tertiary/aromatic N) is 3. The first kappa shape index (κ1) is 27.3. The number of para-hydroxylation sites is 2. The van der Waals surface area contributed by atoms with Crippen molar-refractivity contribution in [1.82, 2.24) is 9.47 Å². The molecule has 1 aliphatic heterocycles. The first-order valence-corrected chi connectivity index (χ1v) is 14.2. The Morgan fingerprint density at radius 2 is 1.68 bits per heavy atom. The average molecular weight is 535 g/mol. The molecule has 40 heavy (non-hydrogen) atoms. The molecule has 3 aromatic carbocycles. The van der Waals surface area contributed by atoms with Crippen molar-refractivity contribution in [2.75, 3.05) is 23.3 Å². The van der Waals surface area contributed by atoms with Gasteiger partial charge in [0.15, 0.2) is 0 Å². The van der Waals surface area contributed by atoms with Crippen LogP contribution in [0.15, 0.2) is 91.1 Å². The summed E-state index contributed by atoms with van der Waals surface area (Å²) in [7, 11) is 0. The number of carbonyl (C=O) groups is 2. The fourth-order valence-electron chi connectivity index (χ4n) is 5.41. The molecule has 1 aliphatic rings. The molecule has 0 saturated carbocycles. The van der Waals surface area contributed by atoms with Crippen LogP contribution in [0.3, 0.4) is 0 Å². The number of rotatable bonds is 8. The Morgan fingerprint density at radius 3 is 2.38 bits per heavy atom. The predicted octanol–water partition coefficient (Wildman–Crippen LogP) is 7.68. The lowest BCUT2D eigenvalue weighted by atomic mass is 9.96. The Balaban J connectivity index is 1.47. The van der Waals surface area contributed by atoms with E-state index in [9.17, 15) is 9.59 Å². The molecule has 206 valence electrons. The molecule has 1 aromatic heterocycles. The van der Waals surface area contributed by atoms with Gasteiger partial charge >= 0.3 is 6.03 Å². The summed E-state index contributed by atoms with van der Waals surface area (Å²) in [5, 5.41) is 3.02. The van der Waals surface area contributed by atoms with Gasteiger partial charge in [-0.25, -0.2) is 4.79 Å². The van der Waals surface area contributed by atoms with Crippen molar-refractivity contribution in [3.8, 4) is 5.69 Å². The largest absolute Gasteiger partial charge is 0.322 e. The van der Waals surface area contributed by atoms with E-state index >= 15 is 0 Å². The van der Waals surface area contributed by atoms with Gasteiger partial charge in [0, 0.05) is 18.4 Å². The Hall–Kier alpha value is -4.32. The fraction of sp³-hybridized carbons (Fsp3) is 0.294. The molecule has 0 radical (unpaired) electrons. The molecule has 0 bridgehead atoms. The topological polar surface area (TPSA) is 57.6 Å². The third-order valence-electron chi connectivity index (χ3n) is 7.57. The normalized spacial score (nSPS) is 14.0. The summed E-state index contributed by atoms with van der Waals surface area (Å²) in [6, 6.07) is 27.7. The molecule has 6 nitrogen and oxygen atoms in total. The maximum atomic E-state index is 14.3. The molecule has 0 fully saturated rings. The Morgan fingerprint density at radius 1 is 0.925 bits per heavy atom. The summed E-state index contributed by atoms with van der Waals surface area (Å²) in [6.45, 7) is 8.92. The number of fused-ring (bicyclic) bond motifs is 3. The van der Waals surface area contributed by atoms with Gasteiger partial charge in [-0.15, -0.1) is 0 Å². The third kappa shape index (κ3) is 5.53. The van der Waals surface area contributed by atoms with Crippen molar-refractivity contribution < 1.29 is 9.59 Å². The predicted molar refractivity (Wildman–Crippen MR) is 162 cm³/mol. The summed E-state index contributed by atoms with van der Waals surface area (Å²) in [4.78, 5) is 31.3. The van der Waals surface area contributed by atoms with Crippen LogP contribution in [0.25, 0.3) is 5.69 Å². The molecular formula is C34H38N4O2. The average Bonchev–Trinajstić information content (AvgIpc) is 3.44. The number of anilines is 2. The summed E-state index contributed by atoms with van der Waals surface area (Å²) in [6.07, 6.45) is 3.78. The number of aromatic nitrogens is 1. The number of amides is 3. The van der Waals surface area contributed by atoms with E-state index in [1.165, 1.54) is 5.56 Å². The van der Waals surface area contributed by atoms with Gasteiger partial charge in [-0.1, -0.05) is 81.3 Å². The Bertz CT molecular complexity index is 1490. The standard InChI is InChI=1S/C34H38N4O2/c1-5-6-20-36(34(40)35-28-18-16-26(17-19-28)24(2)3)23-32(39)38-30-14-8-7-13-29(30)37-21-10-15-31(37)33(38)27-12-9-11-25(4)22-27/h7-19,21-22,24,33H,5-6,20,23H2,1-4H3,(H,35,40). The molecule has 0 spiro atoms. The monoisotopic (exact) mass is 534 g/mol. The highest BCUT2D eigenvalue weighted by molar-refractivity contribution is 6.01. The Labute approximate surface area is 237 Å². The number of hydrogen-bond donors (Lipinski definition) is 1. The van der Waals surface area contributed by atoms with Crippen molar-refractivity contribution >= 4 is 23.3 Å². The van der Waals surface area contributed by atoms with Crippen molar-refractivity contribution in [1.29, 1.82) is 0 Å². The molecule has 0 saturated heterocycles. The van der Waals surface area contributed by atoms with Gasteiger partial charge in [-0.2, -0.15) is 0 Å². The van der Waals surface area contributed by atoms with E-state index in [0.717, 1.165) is 46.7 Å². The zero-order chi connectivity index (χ0) is 28.2. The lowest BCUT2D eigenvalue weighted by Gasteiger charge is -2.39. The second-order valence-corrected chi connectivity index (χ2v) is 10.9. The molecule has 3 amide bonds. The van der Waals surface area contributed by atoms with Crippen LogP contribution in [-0.2, 0) is 4.79 Å². The molecule has 1 N–H and O–H groups in total. The molecule has 2 heterocycles. The molecule has 5 rings (SSSR count). The highest BCUT2D eigenvalue weighted by Gasteiger charge is 2.37. The van der Waals surface area contributed by atoms with E-state index in [2.05, 4.69) is 61.8 Å². The minimum atomic E-state index is -0.308. The molecule has 0 aliphatic carbocycles. The van der Waals surface area contributed by atoms with Crippen molar-refractivity contribution in [2.24, 2.45) is 0 Å². The highest BCUT2D eigenvalue weighted by Crippen LogP contribution is 2.42. The number of unbranched alkanes of at least 4 members (excludes halogenated alkanes) is 1. The van der Waals surface area contributed by atoms with Gasteiger partial charge < -0.3 is 14.8 Å². The second-order valence-electron chi connectivity index (χ2n) is 10.9. The number of benzene rings is 3. The van der Waals surface area contributed by atoms with Gasteiger partial charge in [0.1, 0.15) is 12.6 Å². The van der Waals surface area contributed by atoms with Crippen molar-refractivity contribution in [2.45, 2.75) is 52.5 Å². The zero-order valence-electron chi connectivity index (χ0n) is 23.8. The smallest absolute Gasteiger partial charge is 0.316 e. The van der Waals surface area contributed by atoms with E-state index in [1.807, 2.05) is 71.8 Å². The van der Waals surface area contributed by atoms with Crippen molar-refractivity contribution in [3.05, 3.63) is 114 Å². The third-order valence-corrected chi connectivity index (χ3v) is 7.57. The van der Waals surface area contributed by atoms with Crippen LogP contribution in [0.5, 0.6) is 0 Å². The molecular weight excluding hydrogens is 496 g/mol. The van der Waals surface area contributed by atoms with Crippen LogP contribution in [0.2, 0.25) is 0 Å². The van der Waals surface area contributed by atoms with Crippen molar-refractivity contribution in [3.63, 3.8) is 0 Å². The molecule has 6 heteroatoms. The Kier molecular flexibility index (Phi) is 8.06. The van der Waals surface area contributed by atoms with Gasteiger partial charge in [0.25, 0.3) is 0 Å². The van der Waals surface area contributed by atoms with Gasteiger partial charge in [-0.05, 0) is 66.8 Å². The number of nitrogens with one attached hydrogen (secondary N) is 1. The summed E-state index contributed by atoms with van der Waals surface area (Å²) in [5.74, 6) is 0.297. The SMILES string of the molecule is CCCCN(CC(=O)N1c2ccccc2-n2cccc2C1c1cccc(C)c1)C(=O)Nc1ccc(C(C)C)cc1. The van der Waals surface area contributed by atoms with E-state index in [1.54, 1.807) is 4.90 Å².